The lowest BCUT2D eigenvalue weighted by molar-refractivity contribution is 0.347. The highest BCUT2D eigenvalue weighted by molar-refractivity contribution is 7.99. The molecule has 24 heavy (non-hydrogen) atoms. The Morgan fingerprint density at radius 3 is 1.92 bits per heavy atom. The minimum Gasteiger partial charge on any atom is -0.295 e. The van der Waals surface area contributed by atoms with Gasteiger partial charge in [-0.3, -0.25) is 4.90 Å². The zero-order chi connectivity index (χ0) is 17.6. The fraction of sp³-hybridized carbons (Fsp3) is 0.333. The Morgan fingerprint density at radius 2 is 1.42 bits per heavy atom. The summed E-state index contributed by atoms with van der Waals surface area (Å²) in [6.07, 6.45) is 0. The first kappa shape index (κ1) is 18.9. The molecule has 0 aromatic heterocycles. The molecule has 0 amide bonds. The molecular formula is C21H27NSSi. The molecule has 0 aliphatic heterocycles. The smallest absolute Gasteiger partial charge is 0.129 e. The van der Waals surface area contributed by atoms with Crippen LogP contribution < -0.4 is 0 Å². The molecule has 2 unspecified atom stereocenters. The Bertz CT molecular complexity index is 681. The van der Waals surface area contributed by atoms with Crippen molar-refractivity contribution in [3.8, 4) is 11.5 Å². The molecule has 2 atom stereocenters. The van der Waals surface area contributed by atoms with Crippen molar-refractivity contribution in [1.29, 1.82) is 0 Å². The SMILES string of the molecule is CN(C)C(C#C[Si](C)(C)C)C(Sc1ccccc1)c1ccccc1. The van der Waals surface area contributed by atoms with E-state index in [1.807, 2.05) is 11.8 Å². The van der Waals surface area contributed by atoms with E-state index in [1.54, 1.807) is 0 Å². The van der Waals surface area contributed by atoms with E-state index in [0.29, 0.717) is 0 Å². The summed E-state index contributed by atoms with van der Waals surface area (Å²) in [5.41, 5.74) is 4.90. The van der Waals surface area contributed by atoms with Gasteiger partial charge in [0.15, 0.2) is 0 Å². The van der Waals surface area contributed by atoms with Crippen molar-refractivity contribution in [1.82, 2.24) is 4.90 Å². The van der Waals surface area contributed by atoms with Crippen LogP contribution in [0.2, 0.25) is 19.6 Å². The molecule has 0 saturated carbocycles. The number of rotatable bonds is 5. The lowest BCUT2D eigenvalue weighted by Crippen LogP contribution is -2.32. The second-order valence-electron chi connectivity index (χ2n) is 7.19. The van der Waals surface area contributed by atoms with Gasteiger partial charge in [-0.1, -0.05) is 74.1 Å². The summed E-state index contributed by atoms with van der Waals surface area (Å²) in [6.45, 7) is 6.90. The molecule has 0 bridgehead atoms. The van der Waals surface area contributed by atoms with E-state index in [4.69, 9.17) is 0 Å². The molecule has 1 nitrogen and oxygen atoms in total. The Morgan fingerprint density at radius 1 is 0.875 bits per heavy atom. The fourth-order valence-corrected chi connectivity index (χ4v) is 4.29. The summed E-state index contributed by atoms with van der Waals surface area (Å²) >= 11 is 1.90. The van der Waals surface area contributed by atoms with E-state index in [2.05, 4.69) is 111 Å². The van der Waals surface area contributed by atoms with Crippen molar-refractivity contribution in [3.63, 3.8) is 0 Å². The fourth-order valence-electron chi connectivity index (χ4n) is 2.37. The molecule has 0 aliphatic rings. The van der Waals surface area contributed by atoms with E-state index in [0.717, 1.165) is 0 Å². The summed E-state index contributed by atoms with van der Waals surface area (Å²) in [5, 5.41) is 0.285. The number of hydrogen-bond donors (Lipinski definition) is 0. The Balaban J connectivity index is 2.40. The number of benzene rings is 2. The number of thioether (sulfide) groups is 1. The molecule has 3 heteroatoms. The Hall–Kier alpha value is -1.47. The van der Waals surface area contributed by atoms with Gasteiger partial charge in [-0.15, -0.1) is 17.3 Å². The quantitative estimate of drug-likeness (QED) is 0.406. The van der Waals surface area contributed by atoms with Crippen molar-refractivity contribution in [2.45, 2.75) is 35.8 Å². The van der Waals surface area contributed by atoms with Crippen LogP contribution in [-0.4, -0.2) is 33.1 Å². The van der Waals surface area contributed by atoms with Crippen LogP contribution in [-0.2, 0) is 0 Å². The van der Waals surface area contributed by atoms with Crippen molar-refractivity contribution in [2.75, 3.05) is 14.1 Å². The van der Waals surface area contributed by atoms with Gasteiger partial charge in [0.2, 0.25) is 0 Å². The molecule has 0 N–H and O–H groups in total. The van der Waals surface area contributed by atoms with E-state index >= 15 is 0 Å². The average Bonchev–Trinajstić information content (AvgIpc) is 2.54. The van der Waals surface area contributed by atoms with Crippen molar-refractivity contribution in [2.24, 2.45) is 0 Å². The normalized spacial score (nSPS) is 13.9. The van der Waals surface area contributed by atoms with Crippen LogP contribution in [0.5, 0.6) is 0 Å². The van der Waals surface area contributed by atoms with Crippen LogP contribution in [0.15, 0.2) is 65.6 Å². The Kier molecular flexibility index (Phi) is 6.74. The van der Waals surface area contributed by atoms with Gasteiger partial charge in [0, 0.05) is 4.90 Å². The van der Waals surface area contributed by atoms with Gasteiger partial charge >= 0.3 is 0 Å². The summed E-state index contributed by atoms with van der Waals surface area (Å²) in [5.74, 6) is 3.59. The van der Waals surface area contributed by atoms with Crippen LogP contribution in [0, 0.1) is 11.5 Å². The summed E-state index contributed by atoms with van der Waals surface area (Å²) < 4.78 is 0. The van der Waals surface area contributed by atoms with Gasteiger partial charge in [0.1, 0.15) is 8.07 Å². The van der Waals surface area contributed by atoms with Crippen LogP contribution in [0.3, 0.4) is 0 Å². The largest absolute Gasteiger partial charge is 0.295 e. The van der Waals surface area contributed by atoms with Gasteiger partial charge in [-0.2, -0.15) is 0 Å². The summed E-state index contributed by atoms with van der Waals surface area (Å²) in [6, 6.07) is 21.6. The van der Waals surface area contributed by atoms with E-state index in [9.17, 15) is 0 Å². The monoisotopic (exact) mass is 353 g/mol. The lowest BCUT2D eigenvalue weighted by atomic mass is 10.1. The summed E-state index contributed by atoms with van der Waals surface area (Å²) in [7, 11) is 2.86. The number of hydrogen-bond acceptors (Lipinski definition) is 2. The predicted molar refractivity (Wildman–Crippen MR) is 110 cm³/mol. The standard InChI is InChI=1S/C21H27NSSi/c1-22(2)20(16-17-24(3,4)5)21(18-12-8-6-9-13-18)23-19-14-10-7-11-15-19/h6-15,20-21H,1-5H3. The third kappa shape index (κ3) is 5.87. The van der Waals surface area contributed by atoms with Gasteiger partial charge in [-0.25, -0.2) is 0 Å². The second kappa shape index (κ2) is 8.57. The predicted octanol–water partition coefficient (Wildman–Crippen LogP) is 5.33. The maximum absolute atomic E-state index is 3.59. The Labute approximate surface area is 152 Å². The van der Waals surface area contributed by atoms with E-state index in [-0.39, 0.29) is 11.3 Å². The molecule has 0 radical (unpaired) electrons. The highest BCUT2D eigenvalue weighted by Crippen LogP contribution is 2.39. The number of nitrogens with zero attached hydrogens (tertiary/aromatic N) is 1. The molecule has 0 aliphatic carbocycles. The molecule has 2 aromatic rings. The van der Waals surface area contributed by atoms with E-state index < -0.39 is 8.07 Å². The highest BCUT2D eigenvalue weighted by atomic mass is 32.2. The highest BCUT2D eigenvalue weighted by Gasteiger charge is 2.25. The molecule has 126 valence electrons. The maximum atomic E-state index is 3.59. The van der Waals surface area contributed by atoms with Crippen LogP contribution in [0.25, 0.3) is 0 Å². The zero-order valence-electron chi connectivity index (χ0n) is 15.3. The van der Waals surface area contributed by atoms with E-state index in [1.165, 1.54) is 10.5 Å². The molecule has 0 heterocycles. The molecular weight excluding hydrogens is 326 g/mol. The van der Waals surface area contributed by atoms with Crippen LogP contribution in [0.4, 0.5) is 0 Å². The molecule has 2 rings (SSSR count). The zero-order valence-corrected chi connectivity index (χ0v) is 17.1. The number of likely N-dealkylation sites (N-methyl/N-ethyl adjacent to an activating group) is 1. The minimum atomic E-state index is -1.40. The van der Waals surface area contributed by atoms with Gasteiger partial charge in [0.05, 0.1) is 11.3 Å². The van der Waals surface area contributed by atoms with Crippen LogP contribution in [0.1, 0.15) is 10.8 Å². The van der Waals surface area contributed by atoms with Crippen molar-refractivity contribution in [3.05, 3.63) is 66.2 Å². The molecule has 2 aromatic carbocycles. The lowest BCUT2D eigenvalue weighted by Gasteiger charge is -2.29. The average molecular weight is 354 g/mol. The minimum absolute atomic E-state index is 0.185. The van der Waals surface area contributed by atoms with Crippen molar-refractivity contribution >= 4 is 19.8 Å². The van der Waals surface area contributed by atoms with Crippen LogP contribution >= 0.6 is 11.8 Å². The van der Waals surface area contributed by atoms with Gasteiger partial charge in [0.25, 0.3) is 0 Å². The van der Waals surface area contributed by atoms with Gasteiger partial charge in [-0.05, 0) is 31.8 Å². The molecule has 0 fully saturated rings. The first-order valence-corrected chi connectivity index (χ1v) is 12.7. The third-order valence-corrected chi connectivity index (χ3v) is 5.80. The topological polar surface area (TPSA) is 3.24 Å². The van der Waals surface area contributed by atoms with Crippen molar-refractivity contribution < 1.29 is 0 Å². The first-order valence-electron chi connectivity index (χ1n) is 8.32. The second-order valence-corrected chi connectivity index (χ2v) is 13.2. The summed E-state index contributed by atoms with van der Waals surface area (Å²) in [4.78, 5) is 3.54. The van der Waals surface area contributed by atoms with Gasteiger partial charge < -0.3 is 0 Å². The molecule has 0 saturated heterocycles. The molecule has 0 spiro atoms. The third-order valence-electron chi connectivity index (χ3n) is 3.57. The maximum Gasteiger partial charge on any atom is 0.129 e. The first-order chi connectivity index (χ1) is 11.4.